The van der Waals surface area contributed by atoms with E-state index in [1.165, 1.54) is 0 Å². The minimum atomic E-state index is -0.501. The van der Waals surface area contributed by atoms with Crippen molar-refractivity contribution in [1.82, 2.24) is 4.98 Å². The lowest BCUT2D eigenvalue weighted by Gasteiger charge is -2.12. The van der Waals surface area contributed by atoms with Crippen LogP contribution in [0.1, 0.15) is 48.9 Å². The van der Waals surface area contributed by atoms with Crippen LogP contribution in [-0.4, -0.2) is 10.1 Å². The first-order chi connectivity index (χ1) is 13.5. The molecule has 2 aromatic heterocycles. The molecule has 1 aromatic carbocycles. The fourth-order valence-corrected chi connectivity index (χ4v) is 3.34. The smallest absolute Gasteiger partial charge is 0.218 e. The maximum Gasteiger partial charge on any atom is 0.218 e. The van der Waals surface area contributed by atoms with Crippen molar-refractivity contribution < 1.29 is 10.1 Å². The normalized spacial score (nSPS) is 12.8. The number of rotatable bonds is 7. The zero-order valence-corrected chi connectivity index (χ0v) is 16.6. The number of aromatic nitrogens is 2. The molecule has 1 atom stereocenters. The number of aliphatic hydroxyl groups is 1. The van der Waals surface area contributed by atoms with Crippen LogP contribution in [0.5, 0.6) is 0 Å². The molecule has 3 rings (SSSR count). The summed E-state index contributed by atoms with van der Waals surface area (Å²) >= 11 is 0. The van der Waals surface area contributed by atoms with Crippen molar-refractivity contribution in [2.75, 3.05) is 0 Å². The van der Waals surface area contributed by atoms with Gasteiger partial charge in [-0.15, -0.1) is 0 Å². The number of H-pyrrole nitrogens is 1. The lowest BCUT2D eigenvalue weighted by Crippen LogP contribution is -2.15. The minimum absolute atomic E-state index is 0.501. The number of hydrogen-bond acceptors (Lipinski definition) is 2. The van der Waals surface area contributed by atoms with E-state index in [2.05, 4.69) is 42.2 Å². The summed E-state index contributed by atoms with van der Waals surface area (Å²) in [4.78, 5) is 8.11. The van der Waals surface area contributed by atoms with E-state index in [0.29, 0.717) is 12.8 Å². The first-order valence-corrected chi connectivity index (χ1v) is 9.57. The molecule has 0 bridgehead atoms. The fraction of sp³-hybridized carbons (Fsp3) is 0.200. The Kier molecular flexibility index (Phi) is 6.17. The monoisotopic (exact) mass is 371 g/mol. The molecule has 0 saturated carbocycles. The second-order valence-corrected chi connectivity index (χ2v) is 6.94. The third kappa shape index (κ3) is 4.10. The van der Waals surface area contributed by atoms with Gasteiger partial charge in [0, 0.05) is 17.8 Å². The van der Waals surface area contributed by atoms with Gasteiger partial charge in [0.25, 0.3) is 0 Å². The Hall–Kier alpha value is -3.04. The van der Waals surface area contributed by atoms with E-state index < -0.39 is 6.10 Å². The Morgan fingerprint density at radius 1 is 1.25 bits per heavy atom. The molecule has 2 N–H and O–H groups in total. The van der Waals surface area contributed by atoms with Crippen LogP contribution >= 0.6 is 0 Å². The molecule has 1 unspecified atom stereocenters. The third-order valence-corrected chi connectivity index (χ3v) is 5.15. The van der Waals surface area contributed by atoms with Crippen LogP contribution in [0.4, 0.5) is 0 Å². The maximum atomic E-state index is 10.5. The van der Waals surface area contributed by atoms with Crippen molar-refractivity contribution in [2.24, 2.45) is 0 Å². The van der Waals surface area contributed by atoms with Crippen LogP contribution in [0.2, 0.25) is 0 Å². The standard InChI is InChI=1S/C25H26N2O/c1-5-17(3)20-16-21-22(12-13-24(28)19-10-8-7-9-11-19)26-15-14-23(21)27-25(20)18(4)6-2/h5-11,14-16,24,28H,2,4,12-13H2,1,3H3/p+1. The van der Waals surface area contributed by atoms with E-state index in [4.69, 9.17) is 0 Å². The van der Waals surface area contributed by atoms with Gasteiger partial charge in [-0.1, -0.05) is 55.6 Å². The van der Waals surface area contributed by atoms with Gasteiger partial charge in [-0.2, -0.15) is 0 Å². The van der Waals surface area contributed by atoms with Crippen molar-refractivity contribution in [2.45, 2.75) is 32.8 Å². The lowest BCUT2D eigenvalue weighted by atomic mass is 9.97. The SMILES string of the molecule is C=CC(=C)c1[nH+]c2ccnc(CCC(O)c3ccccc3)c2cc1C(C)=CC. The number of nitrogens with zero attached hydrogens (tertiary/aromatic N) is 1. The highest BCUT2D eigenvalue weighted by Gasteiger charge is 2.19. The summed E-state index contributed by atoms with van der Waals surface area (Å²) in [7, 11) is 0. The van der Waals surface area contributed by atoms with Crippen molar-refractivity contribution in [1.29, 1.82) is 0 Å². The molecule has 0 saturated heterocycles. The van der Waals surface area contributed by atoms with E-state index in [-0.39, 0.29) is 0 Å². The quantitative estimate of drug-likeness (QED) is 0.570. The second kappa shape index (κ2) is 8.77. The molecule has 0 aliphatic carbocycles. The highest BCUT2D eigenvalue weighted by Crippen LogP contribution is 2.27. The van der Waals surface area contributed by atoms with Crippen molar-refractivity contribution in [3.8, 4) is 0 Å². The average molecular weight is 372 g/mol. The first-order valence-electron chi connectivity index (χ1n) is 9.57. The Balaban J connectivity index is 1.99. The lowest BCUT2D eigenvalue weighted by molar-refractivity contribution is -0.348. The Labute approximate surface area is 166 Å². The van der Waals surface area contributed by atoms with Gasteiger partial charge in [-0.3, -0.25) is 4.98 Å². The van der Waals surface area contributed by atoms with Gasteiger partial charge in [0.05, 0.1) is 22.7 Å². The zero-order valence-electron chi connectivity index (χ0n) is 16.6. The highest BCUT2D eigenvalue weighted by molar-refractivity contribution is 5.86. The number of hydrogen-bond donors (Lipinski definition) is 1. The predicted octanol–water partition coefficient (Wildman–Crippen LogP) is 5.34. The van der Waals surface area contributed by atoms with Gasteiger partial charge in [0.2, 0.25) is 11.2 Å². The molecule has 28 heavy (non-hydrogen) atoms. The van der Waals surface area contributed by atoms with Gasteiger partial charge in [0.15, 0.2) is 0 Å². The molecule has 0 radical (unpaired) electrons. The molecule has 2 heterocycles. The second-order valence-electron chi connectivity index (χ2n) is 6.94. The van der Waals surface area contributed by atoms with Crippen LogP contribution in [0.3, 0.4) is 0 Å². The molecule has 3 aromatic rings. The van der Waals surface area contributed by atoms with Crippen LogP contribution in [0, 0.1) is 0 Å². The van der Waals surface area contributed by atoms with Crippen molar-refractivity contribution >= 4 is 22.0 Å². The fourth-order valence-electron chi connectivity index (χ4n) is 3.34. The van der Waals surface area contributed by atoms with Crippen LogP contribution < -0.4 is 4.98 Å². The number of aliphatic hydroxyl groups excluding tert-OH is 1. The molecule has 0 fully saturated rings. The van der Waals surface area contributed by atoms with Gasteiger partial charge in [-0.25, -0.2) is 4.98 Å². The van der Waals surface area contributed by atoms with E-state index in [1.807, 2.05) is 49.5 Å². The summed E-state index contributed by atoms with van der Waals surface area (Å²) in [5.41, 5.74) is 7.00. The molecular formula is C25H27N2O+. The van der Waals surface area contributed by atoms with E-state index in [9.17, 15) is 5.11 Å². The van der Waals surface area contributed by atoms with Crippen molar-refractivity contribution in [3.63, 3.8) is 0 Å². The number of nitrogens with one attached hydrogen (secondary N) is 1. The molecule has 0 amide bonds. The summed E-state index contributed by atoms with van der Waals surface area (Å²) in [6, 6.07) is 13.9. The summed E-state index contributed by atoms with van der Waals surface area (Å²) in [5.74, 6) is 0. The molecular weight excluding hydrogens is 344 g/mol. The summed E-state index contributed by atoms with van der Waals surface area (Å²) in [6.07, 6.45) is 6.48. The maximum absolute atomic E-state index is 10.5. The van der Waals surface area contributed by atoms with Crippen LogP contribution in [-0.2, 0) is 6.42 Å². The molecule has 0 aliphatic rings. The summed E-state index contributed by atoms with van der Waals surface area (Å²) < 4.78 is 0. The highest BCUT2D eigenvalue weighted by atomic mass is 16.3. The molecule has 0 spiro atoms. The number of allylic oxidation sites excluding steroid dienone is 4. The molecule has 3 nitrogen and oxygen atoms in total. The topological polar surface area (TPSA) is 47.3 Å². The number of aromatic amines is 1. The number of benzene rings is 1. The third-order valence-electron chi connectivity index (χ3n) is 5.15. The Bertz CT molecular complexity index is 1040. The minimum Gasteiger partial charge on any atom is -0.388 e. The van der Waals surface area contributed by atoms with Crippen LogP contribution in [0.15, 0.2) is 74.0 Å². The van der Waals surface area contributed by atoms with Crippen molar-refractivity contribution in [3.05, 3.63) is 96.5 Å². The summed E-state index contributed by atoms with van der Waals surface area (Å²) in [5, 5.41) is 11.6. The van der Waals surface area contributed by atoms with E-state index >= 15 is 0 Å². The average Bonchev–Trinajstić information content (AvgIpc) is 2.75. The van der Waals surface area contributed by atoms with E-state index in [1.54, 1.807) is 6.08 Å². The molecule has 0 aliphatic heterocycles. The van der Waals surface area contributed by atoms with Gasteiger partial charge >= 0.3 is 0 Å². The Morgan fingerprint density at radius 2 is 2.00 bits per heavy atom. The number of aryl methyl sites for hydroxylation is 1. The Morgan fingerprint density at radius 3 is 2.68 bits per heavy atom. The van der Waals surface area contributed by atoms with Gasteiger partial charge in [0.1, 0.15) is 0 Å². The first kappa shape index (κ1) is 19.7. The summed E-state index contributed by atoms with van der Waals surface area (Å²) in [6.45, 7) is 12.1. The van der Waals surface area contributed by atoms with Gasteiger partial charge in [-0.05, 0) is 43.9 Å². The largest absolute Gasteiger partial charge is 0.388 e. The number of fused-ring (bicyclic) bond motifs is 1. The zero-order chi connectivity index (χ0) is 20.1. The molecule has 3 heteroatoms. The predicted molar refractivity (Wildman–Crippen MR) is 117 cm³/mol. The van der Waals surface area contributed by atoms with Crippen LogP contribution in [0.25, 0.3) is 22.0 Å². The molecule has 142 valence electrons. The number of pyridine rings is 2. The van der Waals surface area contributed by atoms with Gasteiger partial charge < -0.3 is 5.11 Å². The van der Waals surface area contributed by atoms with E-state index in [0.717, 1.165) is 44.6 Å².